The highest BCUT2D eigenvalue weighted by molar-refractivity contribution is 7.92. The van der Waals surface area contributed by atoms with Gasteiger partial charge in [0.2, 0.25) is 0 Å². The Bertz CT molecular complexity index is 1140. The number of rotatable bonds is 3. The SMILES string of the molecule is Cc1nn(C)c2ncc(S(=O)(=O)Nc3nn(C(C)(C)C)cc3C#N)cc12. The summed E-state index contributed by atoms with van der Waals surface area (Å²) in [7, 11) is -2.21. The lowest BCUT2D eigenvalue weighted by Crippen LogP contribution is -2.22. The minimum atomic E-state index is -3.95. The summed E-state index contributed by atoms with van der Waals surface area (Å²) in [5, 5.41) is 18.4. The minimum absolute atomic E-state index is 0.00886. The van der Waals surface area contributed by atoms with Gasteiger partial charge in [0.05, 0.1) is 11.2 Å². The molecule has 9 nitrogen and oxygen atoms in total. The lowest BCUT2D eigenvalue weighted by atomic mass is 10.1. The van der Waals surface area contributed by atoms with E-state index in [0.29, 0.717) is 16.7 Å². The zero-order chi connectivity index (χ0) is 19.3. The number of aromatic nitrogens is 5. The lowest BCUT2D eigenvalue weighted by Gasteiger charge is -2.18. The Morgan fingerprint density at radius 2 is 1.96 bits per heavy atom. The fourth-order valence-corrected chi connectivity index (χ4v) is 3.48. The molecular formula is C16H19N7O2S. The van der Waals surface area contributed by atoms with Crippen LogP contribution in [0, 0.1) is 18.3 Å². The molecule has 3 heterocycles. The van der Waals surface area contributed by atoms with Crippen molar-refractivity contribution in [1.29, 1.82) is 5.26 Å². The molecule has 3 rings (SSSR count). The lowest BCUT2D eigenvalue weighted by molar-refractivity contribution is 0.356. The number of fused-ring (bicyclic) bond motifs is 1. The molecule has 1 N–H and O–H groups in total. The number of nitrogens with one attached hydrogen (secondary N) is 1. The topological polar surface area (TPSA) is 118 Å². The molecule has 0 aliphatic heterocycles. The van der Waals surface area contributed by atoms with Crippen LogP contribution in [0.5, 0.6) is 0 Å². The molecule has 0 unspecified atom stereocenters. The van der Waals surface area contributed by atoms with Crippen molar-refractivity contribution in [3.63, 3.8) is 0 Å². The van der Waals surface area contributed by atoms with Gasteiger partial charge in [0, 0.05) is 24.8 Å². The van der Waals surface area contributed by atoms with E-state index < -0.39 is 10.0 Å². The zero-order valence-corrected chi connectivity index (χ0v) is 16.0. The van der Waals surface area contributed by atoms with E-state index in [0.717, 1.165) is 0 Å². The third-order valence-electron chi connectivity index (χ3n) is 3.90. The van der Waals surface area contributed by atoms with Crippen molar-refractivity contribution in [2.45, 2.75) is 38.1 Å². The zero-order valence-electron chi connectivity index (χ0n) is 15.1. The Kier molecular flexibility index (Phi) is 3.99. The normalized spacial score (nSPS) is 12.3. The Labute approximate surface area is 151 Å². The van der Waals surface area contributed by atoms with Crippen LogP contribution in [0.2, 0.25) is 0 Å². The number of hydrogen-bond acceptors (Lipinski definition) is 6. The van der Waals surface area contributed by atoms with E-state index in [-0.39, 0.29) is 21.8 Å². The summed E-state index contributed by atoms with van der Waals surface area (Å²) in [5.41, 5.74) is 1.04. The molecule has 3 aromatic rings. The average Bonchev–Trinajstić information content (AvgIpc) is 3.08. The Morgan fingerprint density at radius 1 is 1.27 bits per heavy atom. The van der Waals surface area contributed by atoms with Gasteiger partial charge < -0.3 is 0 Å². The quantitative estimate of drug-likeness (QED) is 0.749. The maximum atomic E-state index is 12.8. The van der Waals surface area contributed by atoms with E-state index in [9.17, 15) is 13.7 Å². The second-order valence-corrected chi connectivity index (χ2v) is 8.66. The highest BCUT2D eigenvalue weighted by atomic mass is 32.2. The maximum Gasteiger partial charge on any atom is 0.264 e. The summed E-state index contributed by atoms with van der Waals surface area (Å²) in [4.78, 5) is 4.17. The van der Waals surface area contributed by atoms with Crippen LogP contribution in [0.3, 0.4) is 0 Å². The van der Waals surface area contributed by atoms with Crippen LogP contribution in [0.25, 0.3) is 11.0 Å². The highest BCUT2D eigenvalue weighted by Gasteiger charge is 2.23. The number of pyridine rings is 1. The minimum Gasteiger partial charge on any atom is -0.264 e. The summed E-state index contributed by atoms with van der Waals surface area (Å²) < 4.78 is 31.0. The number of nitriles is 1. The van der Waals surface area contributed by atoms with E-state index in [1.54, 1.807) is 23.3 Å². The fraction of sp³-hybridized carbons (Fsp3) is 0.375. The van der Waals surface area contributed by atoms with E-state index >= 15 is 0 Å². The van der Waals surface area contributed by atoms with Gasteiger partial charge in [0.1, 0.15) is 16.5 Å². The van der Waals surface area contributed by atoms with Gasteiger partial charge in [-0.2, -0.15) is 15.5 Å². The van der Waals surface area contributed by atoms with Gasteiger partial charge in [-0.15, -0.1) is 0 Å². The van der Waals surface area contributed by atoms with Crippen molar-refractivity contribution in [3.05, 3.63) is 29.7 Å². The predicted octanol–water partition coefficient (Wildman–Crippen LogP) is 1.90. The van der Waals surface area contributed by atoms with Crippen molar-refractivity contribution < 1.29 is 8.42 Å². The molecule has 10 heteroatoms. The smallest absolute Gasteiger partial charge is 0.264 e. The largest absolute Gasteiger partial charge is 0.264 e. The molecule has 0 saturated heterocycles. The molecule has 0 fully saturated rings. The highest BCUT2D eigenvalue weighted by Crippen LogP contribution is 2.24. The van der Waals surface area contributed by atoms with Gasteiger partial charge in [-0.25, -0.2) is 13.4 Å². The first-order valence-electron chi connectivity index (χ1n) is 7.85. The average molecular weight is 373 g/mol. The van der Waals surface area contributed by atoms with Crippen molar-refractivity contribution in [2.24, 2.45) is 7.05 Å². The van der Waals surface area contributed by atoms with Crippen molar-refractivity contribution >= 4 is 26.9 Å². The van der Waals surface area contributed by atoms with Crippen LogP contribution >= 0.6 is 0 Å². The first-order chi connectivity index (χ1) is 12.0. The van der Waals surface area contributed by atoms with Gasteiger partial charge in [-0.1, -0.05) is 0 Å². The molecule has 26 heavy (non-hydrogen) atoms. The van der Waals surface area contributed by atoms with E-state index in [1.165, 1.54) is 18.5 Å². The number of hydrogen-bond donors (Lipinski definition) is 1. The van der Waals surface area contributed by atoms with Crippen molar-refractivity contribution in [1.82, 2.24) is 24.5 Å². The molecule has 0 aliphatic carbocycles. The van der Waals surface area contributed by atoms with E-state index in [2.05, 4.69) is 19.9 Å². The molecule has 0 aliphatic rings. The predicted molar refractivity (Wildman–Crippen MR) is 96.0 cm³/mol. The van der Waals surface area contributed by atoms with Gasteiger partial charge in [0.15, 0.2) is 11.5 Å². The van der Waals surface area contributed by atoms with Crippen LogP contribution in [0.15, 0.2) is 23.4 Å². The summed E-state index contributed by atoms with van der Waals surface area (Å²) >= 11 is 0. The molecule has 0 bridgehead atoms. The number of aryl methyl sites for hydroxylation is 2. The van der Waals surface area contributed by atoms with Crippen molar-refractivity contribution in [3.8, 4) is 6.07 Å². The van der Waals surface area contributed by atoms with Crippen LogP contribution in [-0.2, 0) is 22.6 Å². The Hall–Kier alpha value is -2.93. The summed E-state index contributed by atoms with van der Waals surface area (Å²) in [5.74, 6) is -0.00886. The molecule has 136 valence electrons. The summed E-state index contributed by atoms with van der Waals surface area (Å²) in [6, 6.07) is 3.48. The van der Waals surface area contributed by atoms with Crippen molar-refractivity contribution in [2.75, 3.05) is 4.72 Å². The monoisotopic (exact) mass is 373 g/mol. The van der Waals surface area contributed by atoms with Crippen LogP contribution in [0.4, 0.5) is 5.82 Å². The second kappa shape index (κ2) is 5.81. The Balaban J connectivity index is 2.04. The second-order valence-electron chi connectivity index (χ2n) is 6.98. The molecule has 0 saturated carbocycles. The first kappa shape index (κ1) is 17.9. The molecule has 0 amide bonds. The number of sulfonamides is 1. The van der Waals surface area contributed by atoms with Gasteiger partial charge in [-0.3, -0.25) is 14.1 Å². The molecule has 0 aromatic carbocycles. The molecular weight excluding hydrogens is 354 g/mol. The number of anilines is 1. The van der Waals surface area contributed by atoms with Crippen LogP contribution in [0.1, 0.15) is 32.0 Å². The van der Waals surface area contributed by atoms with Crippen LogP contribution < -0.4 is 4.72 Å². The van der Waals surface area contributed by atoms with Crippen LogP contribution in [-0.4, -0.2) is 33.0 Å². The van der Waals surface area contributed by atoms with Gasteiger partial charge in [0.25, 0.3) is 10.0 Å². The standard InChI is InChI=1S/C16H19N7O2S/c1-10-13-6-12(8-18-15(13)22(5)19-10)26(24,25)21-14-11(7-17)9-23(20-14)16(2,3)4/h6,8-9H,1-5H3,(H,20,21). The number of nitrogens with zero attached hydrogens (tertiary/aromatic N) is 6. The molecule has 3 aromatic heterocycles. The molecule has 0 radical (unpaired) electrons. The Morgan fingerprint density at radius 3 is 2.58 bits per heavy atom. The summed E-state index contributed by atoms with van der Waals surface area (Å²) in [6.07, 6.45) is 2.78. The third-order valence-corrected chi connectivity index (χ3v) is 5.21. The van der Waals surface area contributed by atoms with Gasteiger partial charge >= 0.3 is 0 Å². The fourth-order valence-electron chi connectivity index (χ4n) is 2.50. The van der Waals surface area contributed by atoms with E-state index in [4.69, 9.17) is 0 Å². The summed E-state index contributed by atoms with van der Waals surface area (Å²) in [6.45, 7) is 7.50. The first-order valence-corrected chi connectivity index (χ1v) is 9.33. The molecule has 0 spiro atoms. The molecule has 0 atom stereocenters. The van der Waals surface area contributed by atoms with E-state index in [1.807, 2.05) is 26.8 Å². The maximum absolute atomic E-state index is 12.8. The third kappa shape index (κ3) is 3.01. The van der Waals surface area contributed by atoms with Gasteiger partial charge in [-0.05, 0) is 33.8 Å².